The highest BCUT2D eigenvalue weighted by Crippen LogP contribution is 2.23. The lowest BCUT2D eigenvalue weighted by atomic mass is 10.3. The Balaban J connectivity index is 1.98. The van der Waals surface area contributed by atoms with E-state index in [4.69, 9.17) is 0 Å². The second kappa shape index (κ2) is 4.04. The van der Waals surface area contributed by atoms with Crippen molar-refractivity contribution in [1.29, 1.82) is 0 Å². The van der Waals surface area contributed by atoms with Gasteiger partial charge in [0.1, 0.15) is 0 Å². The summed E-state index contributed by atoms with van der Waals surface area (Å²) < 4.78 is 0. The number of thioether (sulfide) groups is 1. The standard InChI is InChI=1S/C8H11N3OS/c12-6-4-9-5-7(6)13-8-10-2-1-3-11-8/h1-3,6-7,9,12H,4-5H2/t6-,7-/m1/s1. The van der Waals surface area contributed by atoms with Gasteiger partial charge in [0.2, 0.25) is 0 Å². The van der Waals surface area contributed by atoms with E-state index in [-0.39, 0.29) is 11.4 Å². The van der Waals surface area contributed by atoms with Crippen molar-refractivity contribution in [3.8, 4) is 0 Å². The molecule has 0 spiro atoms. The molecule has 1 saturated heterocycles. The number of nitrogens with one attached hydrogen (secondary N) is 1. The van der Waals surface area contributed by atoms with Crippen molar-refractivity contribution >= 4 is 11.8 Å². The first-order chi connectivity index (χ1) is 6.36. The van der Waals surface area contributed by atoms with Gasteiger partial charge in [0.05, 0.1) is 11.4 Å². The molecule has 1 aromatic rings. The van der Waals surface area contributed by atoms with E-state index < -0.39 is 0 Å². The number of nitrogens with zero attached hydrogens (tertiary/aromatic N) is 2. The van der Waals surface area contributed by atoms with Gasteiger partial charge in [0.25, 0.3) is 0 Å². The third kappa shape index (κ3) is 2.18. The van der Waals surface area contributed by atoms with Gasteiger partial charge in [-0.15, -0.1) is 0 Å². The minimum atomic E-state index is -0.284. The molecule has 0 amide bonds. The molecule has 2 rings (SSSR count). The highest BCUT2D eigenvalue weighted by molar-refractivity contribution is 7.99. The van der Waals surface area contributed by atoms with E-state index in [0.29, 0.717) is 6.54 Å². The lowest BCUT2D eigenvalue weighted by Crippen LogP contribution is -2.20. The van der Waals surface area contributed by atoms with E-state index in [1.165, 1.54) is 11.8 Å². The van der Waals surface area contributed by atoms with Crippen molar-refractivity contribution in [3.05, 3.63) is 18.5 Å². The van der Waals surface area contributed by atoms with Crippen LogP contribution in [0.2, 0.25) is 0 Å². The summed E-state index contributed by atoms with van der Waals surface area (Å²) in [6.07, 6.45) is 3.14. The van der Waals surface area contributed by atoms with Gasteiger partial charge in [-0.05, 0) is 6.07 Å². The Bertz CT molecular complexity index is 269. The van der Waals surface area contributed by atoms with Crippen molar-refractivity contribution in [3.63, 3.8) is 0 Å². The molecule has 1 aromatic heterocycles. The molecule has 5 heteroatoms. The van der Waals surface area contributed by atoms with Crippen LogP contribution in [0, 0.1) is 0 Å². The van der Waals surface area contributed by atoms with E-state index in [2.05, 4.69) is 15.3 Å². The fourth-order valence-corrected chi connectivity index (χ4v) is 2.21. The predicted octanol–water partition coefficient (Wildman–Crippen LogP) is -0.0986. The summed E-state index contributed by atoms with van der Waals surface area (Å²) in [4.78, 5) is 8.18. The molecule has 0 aliphatic carbocycles. The molecular weight excluding hydrogens is 186 g/mol. The largest absolute Gasteiger partial charge is 0.391 e. The summed E-state index contributed by atoms with van der Waals surface area (Å²) in [5.74, 6) is 0. The molecule has 0 bridgehead atoms. The minimum absolute atomic E-state index is 0.183. The van der Waals surface area contributed by atoms with Crippen LogP contribution in [0.4, 0.5) is 0 Å². The van der Waals surface area contributed by atoms with Crippen molar-refractivity contribution in [1.82, 2.24) is 15.3 Å². The number of aliphatic hydroxyl groups excluding tert-OH is 1. The van der Waals surface area contributed by atoms with E-state index in [0.717, 1.165) is 11.7 Å². The number of rotatable bonds is 2. The maximum absolute atomic E-state index is 9.51. The molecule has 2 heterocycles. The van der Waals surface area contributed by atoms with Gasteiger partial charge in [-0.1, -0.05) is 11.8 Å². The van der Waals surface area contributed by atoms with E-state index in [1.54, 1.807) is 18.5 Å². The molecule has 70 valence electrons. The van der Waals surface area contributed by atoms with Gasteiger partial charge < -0.3 is 10.4 Å². The monoisotopic (exact) mass is 197 g/mol. The van der Waals surface area contributed by atoms with Crippen LogP contribution in [0.5, 0.6) is 0 Å². The highest BCUT2D eigenvalue weighted by atomic mass is 32.2. The molecule has 2 atom stereocenters. The lowest BCUT2D eigenvalue weighted by molar-refractivity contribution is 0.201. The molecule has 1 aliphatic heterocycles. The molecule has 1 fully saturated rings. The first kappa shape index (κ1) is 8.93. The summed E-state index contributed by atoms with van der Waals surface area (Å²) in [6.45, 7) is 1.49. The average Bonchev–Trinajstić information content (AvgIpc) is 2.54. The first-order valence-corrected chi connectivity index (χ1v) is 5.06. The molecule has 4 nitrogen and oxygen atoms in total. The number of aliphatic hydroxyl groups is 1. The normalized spacial score (nSPS) is 27.8. The summed E-state index contributed by atoms with van der Waals surface area (Å²) >= 11 is 1.52. The quantitative estimate of drug-likeness (QED) is 0.648. The molecule has 0 unspecified atom stereocenters. The summed E-state index contributed by atoms with van der Waals surface area (Å²) in [6, 6.07) is 1.79. The van der Waals surface area contributed by atoms with Gasteiger partial charge in [-0.3, -0.25) is 0 Å². The zero-order valence-electron chi connectivity index (χ0n) is 7.05. The van der Waals surface area contributed by atoms with Crippen molar-refractivity contribution in [2.75, 3.05) is 13.1 Å². The maximum atomic E-state index is 9.51. The Labute approximate surface area is 80.8 Å². The minimum Gasteiger partial charge on any atom is -0.391 e. The number of hydrogen-bond acceptors (Lipinski definition) is 5. The maximum Gasteiger partial charge on any atom is 0.187 e. The summed E-state index contributed by atoms with van der Waals surface area (Å²) in [5.41, 5.74) is 0. The van der Waals surface area contributed by atoms with Gasteiger partial charge >= 0.3 is 0 Å². The van der Waals surface area contributed by atoms with E-state index in [9.17, 15) is 5.11 Å². The third-order valence-electron chi connectivity index (χ3n) is 1.93. The van der Waals surface area contributed by atoms with Crippen LogP contribution in [0.15, 0.2) is 23.6 Å². The smallest absolute Gasteiger partial charge is 0.187 e. The summed E-state index contributed by atoms with van der Waals surface area (Å²) in [7, 11) is 0. The fourth-order valence-electron chi connectivity index (χ4n) is 1.24. The van der Waals surface area contributed by atoms with Crippen molar-refractivity contribution < 1.29 is 5.11 Å². The predicted molar refractivity (Wildman–Crippen MR) is 50.6 cm³/mol. The van der Waals surface area contributed by atoms with Crippen LogP contribution in [0.1, 0.15) is 0 Å². The lowest BCUT2D eigenvalue weighted by Gasteiger charge is -2.10. The van der Waals surface area contributed by atoms with Gasteiger partial charge in [0, 0.05) is 25.5 Å². The Hall–Kier alpha value is -0.650. The SMILES string of the molecule is O[C@@H]1CNC[C@H]1Sc1ncccn1. The number of β-amino-alcohol motifs (C(OH)–C–C–N with tert-alkyl or cyclic N) is 1. The average molecular weight is 197 g/mol. The fraction of sp³-hybridized carbons (Fsp3) is 0.500. The van der Waals surface area contributed by atoms with Crippen LogP contribution < -0.4 is 5.32 Å². The van der Waals surface area contributed by atoms with Crippen LogP contribution in [0.3, 0.4) is 0 Å². The third-order valence-corrected chi connectivity index (χ3v) is 3.13. The Morgan fingerprint density at radius 3 is 2.77 bits per heavy atom. The second-order valence-corrected chi connectivity index (χ2v) is 4.12. The van der Waals surface area contributed by atoms with Gasteiger partial charge in [-0.25, -0.2) is 9.97 Å². The highest BCUT2D eigenvalue weighted by Gasteiger charge is 2.26. The number of aromatic nitrogens is 2. The van der Waals surface area contributed by atoms with Crippen LogP contribution >= 0.6 is 11.8 Å². The Kier molecular flexibility index (Phi) is 2.77. The molecule has 0 aromatic carbocycles. The molecular formula is C8H11N3OS. The topological polar surface area (TPSA) is 58.0 Å². The van der Waals surface area contributed by atoms with Gasteiger partial charge in [0.15, 0.2) is 5.16 Å². The van der Waals surface area contributed by atoms with Crippen molar-refractivity contribution in [2.24, 2.45) is 0 Å². The zero-order chi connectivity index (χ0) is 9.10. The zero-order valence-corrected chi connectivity index (χ0v) is 7.87. The first-order valence-electron chi connectivity index (χ1n) is 4.19. The van der Waals surface area contributed by atoms with Crippen LogP contribution in [-0.4, -0.2) is 39.5 Å². The van der Waals surface area contributed by atoms with E-state index >= 15 is 0 Å². The van der Waals surface area contributed by atoms with Crippen LogP contribution in [0.25, 0.3) is 0 Å². The molecule has 13 heavy (non-hydrogen) atoms. The molecule has 2 N–H and O–H groups in total. The van der Waals surface area contributed by atoms with Gasteiger partial charge in [-0.2, -0.15) is 0 Å². The van der Waals surface area contributed by atoms with E-state index in [1.807, 2.05) is 0 Å². The summed E-state index contributed by atoms with van der Waals surface area (Å²) in [5, 5.41) is 13.5. The number of hydrogen-bond donors (Lipinski definition) is 2. The Morgan fingerprint density at radius 2 is 2.15 bits per heavy atom. The molecule has 0 radical (unpaired) electrons. The van der Waals surface area contributed by atoms with Crippen LogP contribution in [-0.2, 0) is 0 Å². The van der Waals surface area contributed by atoms with Crippen molar-refractivity contribution in [2.45, 2.75) is 16.5 Å². The molecule has 1 aliphatic rings. The second-order valence-electron chi connectivity index (χ2n) is 2.91. The Morgan fingerprint density at radius 1 is 1.38 bits per heavy atom. The molecule has 0 saturated carbocycles.